The van der Waals surface area contributed by atoms with E-state index in [-0.39, 0.29) is 18.2 Å². The van der Waals surface area contributed by atoms with E-state index < -0.39 is 10.0 Å². The summed E-state index contributed by atoms with van der Waals surface area (Å²) in [6.07, 6.45) is 0.963. The van der Waals surface area contributed by atoms with Crippen molar-refractivity contribution >= 4 is 15.9 Å². The molecule has 15 heavy (non-hydrogen) atoms. The molecule has 0 saturated heterocycles. The van der Waals surface area contributed by atoms with Gasteiger partial charge in [0.15, 0.2) is 0 Å². The van der Waals surface area contributed by atoms with E-state index in [0.29, 0.717) is 19.4 Å². The van der Waals surface area contributed by atoms with Gasteiger partial charge in [0.1, 0.15) is 0 Å². The molecule has 1 amide bonds. The Morgan fingerprint density at radius 3 is 2.47 bits per heavy atom. The van der Waals surface area contributed by atoms with Gasteiger partial charge in [-0.05, 0) is 13.0 Å². The number of amides is 1. The minimum atomic E-state index is -3.22. The van der Waals surface area contributed by atoms with Crippen molar-refractivity contribution in [2.75, 3.05) is 32.9 Å². The third-order valence-electron chi connectivity index (χ3n) is 1.85. The Bertz CT molecular complexity index is 288. The van der Waals surface area contributed by atoms with Crippen LogP contribution in [-0.4, -0.2) is 51.6 Å². The molecule has 6 nitrogen and oxygen atoms in total. The second kappa shape index (κ2) is 6.76. The molecule has 0 aliphatic carbocycles. The summed E-state index contributed by atoms with van der Waals surface area (Å²) in [6, 6.07) is 0. The molecule has 7 heteroatoms. The maximum Gasteiger partial charge on any atom is 0.220 e. The van der Waals surface area contributed by atoms with Crippen molar-refractivity contribution in [1.29, 1.82) is 0 Å². The summed E-state index contributed by atoms with van der Waals surface area (Å²) < 4.78 is 23.7. The number of nitrogens with two attached hydrogens (primary N) is 1. The molecule has 0 radical (unpaired) electrons. The highest BCUT2D eigenvalue weighted by Gasteiger charge is 2.13. The molecule has 0 aliphatic heterocycles. The van der Waals surface area contributed by atoms with E-state index in [0.717, 1.165) is 4.31 Å². The molecule has 0 bridgehead atoms. The smallest absolute Gasteiger partial charge is 0.220 e. The fourth-order valence-corrected chi connectivity index (χ4v) is 1.58. The van der Waals surface area contributed by atoms with Gasteiger partial charge in [-0.25, -0.2) is 12.7 Å². The average molecular weight is 237 g/mol. The summed E-state index contributed by atoms with van der Waals surface area (Å²) in [7, 11) is -0.293. The topological polar surface area (TPSA) is 92.5 Å². The van der Waals surface area contributed by atoms with E-state index in [9.17, 15) is 13.2 Å². The summed E-state index contributed by atoms with van der Waals surface area (Å²) in [6.45, 7) is 0.604. The van der Waals surface area contributed by atoms with Crippen LogP contribution in [0.1, 0.15) is 12.8 Å². The Morgan fingerprint density at radius 1 is 1.40 bits per heavy atom. The largest absolute Gasteiger partial charge is 0.355 e. The van der Waals surface area contributed by atoms with E-state index in [1.165, 1.54) is 14.1 Å². The molecule has 0 aromatic carbocycles. The fourth-order valence-electron chi connectivity index (χ4n) is 0.853. The number of carbonyl (C=O) groups excluding carboxylic acids is 1. The number of sulfonamides is 1. The SMILES string of the molecule is CN(C)S(=O)(=O)CCNC(=O)CCCN. The van der Waals surface area contributed by atoms with Crippen LogP contribution in [0.15, 0.2) is 0 Å². The zero-order valence-corrected chi connectivity index (χ0v) is 10.0. The second-order valence-corrected chi connectivity index (χ2v) is 5.64. The number of hydrogen-bond acceptors (Lipinski definition) is 4. The lowest BCUT2D eigenvalue weighted by molar-refractivity contribution is -0.121. The predicted molar refractivity (Wildman–Crippen MR) is 58.8 cm³/mol. The Kier molecular flexibility index (Phi) is 6.46. The number of nitrogens with zero attached hydrogens (tertiary/aromatic N) is 1. The van der Waals surface area contributed by atoms with Crippen LogP contribution in [0.2, 0.25) is 0 Å². The summed E-state index contributed by atoms with van der Waals surface area (Å²) in [4.78, 5) is 11.1. The first kappa shape index (κ1) is 14.3. The lowest BCUT2D eigenvalue weighted by Crippen LogP contribution is -2.33. The van der Waals surface area contributed by atoms with Crippen LogP contribution in [0.25, 0.3) is 0 Å². The van der Waals surface area contributed by atoms with Gasteiger partial charge in [-0.3, -0.25) is 4.79 Å². The van der Waals surface area contributed by atoms with E-state index in [4.69, 9.17) is 5.73 Å². The third kappa shape index (κ3) is 6.43. The van der Waals surface area contributed by atoms with Crippen LogP contribution >= 0.6 is 0 Å². The zero-order valence-electron chi connectivity index (χ0n) is 9.19. The molecule has 0 heterocycles. The maximum absolute atomic E-state index is 11.3. The molecule has 0 spiro atoms. The van der Waals surface area contributed by atoms with Crippen molar-refractivity contribution in [1.82, 2.24) is 9.62 Å². The van der Waals surface area contributed by atoms with Crippen LogP contribution in [0.3, 0.4) is 0 Å². The first-order valence-corrected chi connectivity index (χ1v) is 6.38. The summed E-state index contributed by atoms with van der Waals surface area (Å²) >= 11 is 0. The van der Waals surface area contributed by atoms with E-state index in [1.807, 2.05) is 0 Å². The van der Waals surface area contributed by atoms with Gasteiger partial charge < -0.3 is 11.1 Å². The molecule has 0 fully saturated rings. The summed E-state index contributed by atoms with van der Waals surface area (Å²) in [5.74, 6) is -0.233. The Labute approximate surface area is 90.9 Å². The van der Waals surface area contributed by atoms with Crippen molar-refractivity contribution in [3.63, 3.8) is 0 Å². The van der Waals surface area contributed by atoms with Gasteiger partial charge in [0, 0.05) is 27.1 Å². The molecular formula is C8H19N3O3S. The standard InChI is InChI=1S/C8H19N3O3S/c1-11(2)15(13,14)7-6-10-8(12)4-3-5-9/h3-7,9H2,1-2H3,(H,10,12). The van der Waals surface area contributed by atoms with Crippen molar-refractivity contribution < 1.29 is 13.2 Å². The van der Waals surface area contributed by atoms with Gasteiger partial charge in [-0.2, -0.15) is 0 Å². The highest BCUT2D eigenvalue weighted by molar-refractivity contribution is 7.89. The summed E-state index contributed by atoms with van der Waals surface area (Å²) in [5.41, 5.74) is 5.23. The lowest BCUT2D eigenvalue weighted by Gasteiger charge is -2.11. The number of rotatable bonds is 7. The van der Waals surface area contributed by atoms with Gasteiger partial charge in [-0.15, -0.1) is 0 Å². The molecule has 0 aliphatic rings. The predicted octanol–water partition coefficient (Wildman–Crippen LogP) is -1.27. The van der Waals surface area contributed by atoms with Gasteiger partial charge >= 0.3 is 0 Å². The molecule has 0 atom stereocenters. The third-order valence-corrected chi connectivity index (χ3v) is 3.68. The lowest BCUT2D eigenvalue weighted by atomic mass is 10.3. The van der Waals surface area contributed by atoms with Crippen LogP contribution in [0, 0.1) is 0 Å². The Morgan fingerprint density at radius 2 is 2.00 bits per heavy atom. The van der Waals surface area contributed by atoms with Crippen LogP contribution in [-0.2, 0) is 14.8 Å². The van der Waals surface area contributed by atoms with Gasteiger partial charge in [-0.1, -0.05) is 0 Å². The maximum atomic E-state index is 11.3. The normalized spacial score (nSPS) is 11.7. The number of carbonyl (C=O) groups is 1. The van der Waals surface area contributed by atoms with Crippen molar-refractivity contribution in [2.24, 2.45) is 5.73 Å². The zero-order chi connectivity index (χ0) is 11.9. The highest BCUT2D eigenvalue weighted by atomic mass is 32.2. The number of hydrogen-bond donors (Lipinski definition) is 2. The molecule has 0 unspecified atom stereocenters. The van der Waals surface area contributed by atoms with E-state index in [2.05, 4.69) is 5.32 Å². The molecular weight excluding hydrogens is 218 g/mol. The van der Waals surface area contributed by atoms with Crippen molar-refractivity contribution in [2.45, 2.75) is 12.8 Å². The minimum Gasteiger partial charge on any atom is -0.355 e. The Hall–Kier alpha value is -0.660. The molecule has 0 aromatic heterocycles. The monoisotopic (exact) mass is 237 g/mol. The first-order valence-electron chi connectivity index (χ1n) is 4.77. The Balaban J connectivity index is 3.75. The van der Waals surface area contributed by atoms with Crippen LogP contribution in [0.5, 0.6) is 0 Å². The molecule has 3 N–H and O–H groups in total. The minimum absolute atomic E-state index is 0.0750. The van der Waals surface area contributed by atoms with Crippen molar-refractivity contribution in [3.8, 4) is 0 Å². The highest BCUT2D eigenvalue weighted by Crippen LogP contribution is 1.92. The van der Waals surface area contributed by atoms with Crippen LogP contribution < -0.4 is 11.1 Å². The molecule has 0 saturated carbocycles. The average Bonchev–Trinajstić information content (AvgIpc) is 2.14. The quantitative estimate of drug-likeness (QED) is 0.577. The van der Waals surface area contributed by atoms with Crippen molar-refractivity contribution in [3.05, 3.63) is 0 Å². The summed E-state index contributed by atoms with van der Waals surface area (Å²) in [5, 5.41) is 2.53. The molecule has 90 valence electrons. The van der Waals surface area contributed by atoms with E-state index in [1.54, 1.807) is 0 Å². The first-order chi connectivity index (χ1) is 6.90. The molecule has 0 aromatic rings. The van der Waals surface area contributed by atoms with E-state index >= 15 is 0 Å². The van der Waals surface area contributed by atoms with Crippen LogP contribution in [0.4, 0.5) is 0 Å². The second-order valence-electron chi connectivity index (χ2n) is 3.34. The molecule has 0 rings (SSSR count). The fraction of sp³-hybridized carbons (Fsp3) is 0.875. The van der Waals surface area contributed by atoms with Gasteiger partial charge in [0.05, 0.1) is 5.75 Å². The number of nitrogens with one attached hydrogen (secondary N) is 1. The van der Waals surface area contributed by atoms with Gasteiger partial charge in [0.2, 0.25) is 15.9 Å². The van der Waals surface area contributed by atoms with Gasteiger partial charge in [0.25, 0.3) is 0 Å².